The van der Waals surface area contributed by atoms with E-state index in [2.05, 4.69) is 5.32 Å². The Morgan fingerprint density at radius 1 is 1.00 bits per heavy atom. The lowest BCUT2D eigenvalue weighted by molar-refractivity contribution is 0.0697. The van der Waals surface area contributed by atoms with Gasteiger partial charge in [0.2, 0.25) is 0 Å². The molecule has 130 valence electrons. The Labute approximate surface area is 146 Å². The lowest BCUT2D eigenvalue weighted by atomic mass is 9.95. The van der Waals surface area contributed by atoms with Crippen molar-refractivity contribution in [3.8, 4) is 11.1 Å². The molecule has 2 aromatic rings. The van der Waals surface area contributed by atoms with Gasteiger partial charge in [0.1, 0.15) is 0 Å². The second kappa shape index (κ2) is 7.94. The van der Waals surface area contributed by atoms with Gasteiger partial charge in [-0.25, -0.2) is 4.79 Å². The molecule has 0 atom stereocenters. The molecule has 1 saturated carbocycles. The third kappa shape index (κ3) is 4.45. The van der Waals surface area contributed by atoms with Crippen molar-refractivity contribution >= 4 is 11.9 Å². The van der Waals surface area contributed by atoms with Crippen molar-refractivity contribution < 1.29 is 19.4 Å². The van der Waals surface area contributed by atoms with Crippen molar-refractivity contribution in [2.24, 2.45) is 5.92 Å². The Morgan fingerprint density at radius 3 is 2.24 bits per heavy atom. The van der Waals surface area contributed by atoms with E-state index in [-0.39, 0.29) is 11.5 Å². The first-order valence-corrected chi connectivity index (χ1v) is 8.44. The van der Waals surface area contributed by atoms with Crippen LogP contribution in [0.2, 0.25) is 0 Å². The molecule has 1 amide bonds. The Morgan fingerprint density at radius 2 is 1.60 bits per heavy atom. The van der Waals surface area contributed by atoms with Gasteiger partial charge in [0, 0.05) is 18.7 Å². The molecular formula is C20H21NO4. The maximum Gasteiger partial charge on any atom is 0.336 e. The SMILES string of the molecule is O=C(O)c1ccccc1-c1ccccc1C(=O)NCCOCC1CC1. The highest BCUT2D eigenvalue weighted by Crippen LogP contribution is 2.29. The molecular weight excluding hydrogens is 318 g/mol. The normalized spacial score (nSPS) is 13.4. The lowest BCUT2D eigenvalue weighted by Gasteiger charge is -2.12. The molecule has 1 aliphatic rings. The number of hydrogen-bond donors (Lipinski definition) is 2. The van der Waals surface area contributed by atoms with Gasteiger partial charge >= 0.3 is 5.97 Å². The zero-order valence-corrected chi connectivity index (χ0v) is 13.9. The summed E-state index contributed by atoms with van der Waals surface area (Å²) in [5, 5.41) is 12.2. The molecule has 1 aliphatic carbocycles. The molecule has 0 heterocycles. The molecule has 0 bridgehead atoms. The van der Waals surface area contributed by atoms with E-state index in [0.717, 1.165) is 6.61 Å². The number of ether oxygens (including phenoxy) is 1. The topological polar surface area (TPSA) is 75.6 Å². The summed E-state index contributed by atoms with van der Waals surface area (Å²) in [5.74, 6) is -0.547. The minimum atomic E-state index is -1.01. The van der Waals surface area contributed by atoms with Gasteiger partial charge in [0.25, 0.3) is 5.91 Å². The summed E-state index contributed by atoms with van der Waals surface area (Å²) in [7, 11) is 0. The first-order chi connectivity index (χ1) is 12.2. The number of carbonyl (C=O) groups is 2. The Bertz CT molecular complexity index is 768. The Balaban J connectivity index is 1.72. The largest absolute Gasteiger partial charge is 0.478 e. The van der Waals surface area contributed by atoms with E-state index >= 15 is 0 Å². The third-order valence-electron chi connectivity index (χ3n) is 4.20. The van der Waals surface area contributed by atoms with Crippen LogP contribution in [-0.2, 0) is 4.74 Å². The first-order valence-electron chi connectivity index (χ1n) is 8.44. The molecule has 0 radical (unpaired) electrons. The van der Waals surface area contributed by atoms with Crippen LogP contribution in [0.1, 0.15) is 33.6 Å². The monoisotopic (exact) mass is 339 g/mol. The molecule has 1 fully saturated rings. The zero-order valence-electron chi connectivity index (χ0n) is 13.9. The highest BCUT2D eigenvalue weighted by atomic mass is 16.5. The van der Waals surface area contributed by atoms with Crippen LogP contribution >= 0.6 is 0 Å². The fourth-order valence-electron chi connectivity index (χ4n) is 2.69. The van der Waals surface area contributed by atoms with Crippen LogP contribution in [0.4, 0.5) is 0 Å². The standard InChI is InChI=1S/C20H21NO4/c22-19(21-11-12-25-13-14-9-10-14)17-7-3-1-5-15(17)16-6-2-4-8-18(16)20(23)24/h1-8,14H,9-13H2,(H,21,22)(H,23,24). The van der Waals surface area contributed by atoms with Crippen molar-refractivity contribution in [3.63, 3.8) is 0 Å². The molecule has 5 nitrogen and oxygen atoms in total. The van der Waals surface area contributed by atoms with E-state index in [9.17, 15) is 14.7 Å². The number of carboxylic acid groups (broad SMARTS) is 1. The molecule has 0 aromatic heterocycles. The lowest BCUT2D eigenvalue weighted by Crippen LogP contribution is -2.28. The van der Waals surface area contributed by atoms with Gasteiger partial charge in [-0.15, -0.1) is 0 Å². The number of aromatic carboxylic acids is 1. The van der Waals surface area contributed by atoms with Gasteiger partial charge < -0.3 is 15.2 Å². The summed E-state index contributed by atoms with van der Waals surface area (Å²) >= 11 is 0. The minimum absolute atomic E-state index is 0.176. The predicted octanol–water partition coefficient (Wildman–Crippen LogP) is 3.21. The fourth-order valence-corrected chi connectivity index (χ4v) is 2.69. The minimum Gasteiger partial charge on any atom is -0.478 e. The highest BCUT2D eigenvalue weighted by Gasteiger charge is 2.21. The van der Waals surface area contributed by atoms with Crippen LogP contribution in [-0.4, -0.2) is 36.7 Å². The molecule has 0 saturated heterocycles. The summed E-state index contributed by atoms with van der Waals surface area (Å²) in [4.78, 5) is 24.0. The van der Waals surface area contributed by atoms with Crippen LogP contribution in [0.5, 0.6) is 0 Å². The van der Waals surface area contributed by atoms with Crippen LogP contribution in [0.3, 0.4) is 0 Å². The molecule has 5 heteroatoms. The number of carboxylic acids is 1. The molecule has 2 aromatic carbocycles. The van der Waals surface area contributed by atoms with E-state index in [1.807, 2.05) is 0 Å². The summed E-state index contributed by atoms with van der Waals surface area (Å²) in [6.45, 7) is 1.68. The predicted molar refractivity (Wildman–Crippen MR) is 94.7 cm³/mol. The highest BCUT2D eigenvalue weighted by molar-refractivity contribution is 6.04. The molecule has 25 heavy (non-hydrogen) atoms. The van der Waals surface area contributed by atoms with Gasteiger partial charge in [-0.2, -0.15) is 0 Å². The second-order valence-electron chi connectivity index (χ2n) is 6.17. The summed E-state index contributed by atoms with van der Waals surface area (Å²) in [5.41, 5.74) is 1.77. The zero-order chi connectivity index (χ0) is 17.6. The van der Waals surface area contributed by atoms with Crippen LogP contribution < -0.4 is 5.32 Å². The molecule has 0 aliphatic heterocycles. The van der Waals surface area contributed by atoms with Crippen molar-refractivity contribution in [1.29, 1.82) is 0 Å². The van der Waals surface area contributed by atoms with E-state index in [4.69, 9.17) is 4.74 Å². The molecule has 0 unspecified atom stereocenters. The Kier molecular flexibility index (Phi) is 5.46. The van der Waals surface area contributed by atoms with Gasteiger partial charge in [-0.1, -0.05) is 36.4 Å². The quantitative estimate of drug-likeness (QED) is 0.724. The average molecular weight is 339 g/mol. The second-order valence-corrected chi connectivity index (χ2v) is 6.17. The van der Waals surface area contributed by atoms with Gasteiger partial charge in [0.05, 0.1) is 12.2 Å². The third-order valence-corrected chi connectivity index (χ3v) is 4.20. The molecule has 0 spiro atoms. The maximum atomic E-state index is 12.5. The number of hydrogen-bond acceptors (Lipinski definition) is 3. The van der Waals surface area contributed by atoms with Crippen molar-refractivity contribution in [3.05, 3.63) is 59.7 Å². The number of benzene rings is 2. The molecule has 3 rings (SSSR count). The summed E-state index contributed by atoms with van der Waals surface area (Å²) < 4.78 is 5.52. The smallest absolute Gasteiger partial charge is 0.336 e. The summed E-state index contributed by atoms with van der Waals surface area (Å²) in [6, 6.07) is 13.7. The Hall–Kier alpha value is -2.66. The first kappa shape index (κ1) is 17.2. The number of carbonyl (C=O) groups excluding carboxylic acids is 1. The van der Waals surface area contributed by atoms with Gasteiger partial charge in [-0.05, 0) is 42.0 Å². The van der Waals surface area contributed by atoms with Crippen LogP contribution in [0.25, 0.3) is 11.1 Å². The fraction of sp³-hybridized carbons (Fsp3) is 0.300. The van der Waals surface area contributed by atoms with E-state index < -0.39 is 5.97 Å². The van der Waals surface area contributed by atoms with Crippen LogP contribution in [0, 0.1) is 5.92 Å². The average Bonchev–Trinajstić information content (AvgIpc) is 3.45. The van der Waals surface area contributed by atoms with Crippen LogP contribution in [0.15, 0.2) is 48.5 Å². The number of nitrogens with one attached hydrogen (secondary N) is 1. The van der Waals surface area contributed by atoms with E-state index in [1.165, 1.54) is 18.9 Å². The van der Waals surface area contributed by atoms with Gasteiger partial charge in [-0.3, -0.25) is 4.79 Å². The number of amides is 1. The summed E-state index contributed by atoms with van der Waals surface area (Å²) in [6.07, 6.45) is 2.48. The van der Waals surface area contributed by atoms with Gasteiger partial charge in [0.15, 0.2) is 0 Å². The number of rotatable bonds is 8. The van der Waals surface area contributed by atoms with E-state index in [0.29, 0.717) is 35.8 Å². The van der Waals surface area contributed by atoms with Crippen molar-refractivity contribution in [1.82, 2.24) is 5.32 Å². The van der Waals surface area contributed by atoms with Crippen molar-refractivity contribution in [2.75, 3.05) is 19.8 Å². The van der Waals surface area contributed by atoms with Crippen molar-refractivity contribution in [2.45, 2.75) is 12.8 Å². The maximum absolute atomic E-state index is 12.5. The van der Waals surface area contributed by atoms with E-state index in [1.54, 1.807) is 42.5 Å². The molecule has 2 N–H and O–H groups in total.